The summed E-state index contributed by atoms with van der Waals surface area (Å²) in [5.41, 5.74) is 6.39. The molecular formula is C13H16N2O3. The summed E-state index contributed by atoms with van der Waals surface area (Å²) in [5.74, 6) is -0.836. The van der Waals surface area contributed by atoms with Crippen LogP contribution < -0.4 is 5.73 Å². The summed E-state index contributed by atoms with van der Waals surface area (Å²) in [6.07, 6.45) is 4.63. The first kappa shape index (κ1) is 13.8. The molecule has 0 fully saturated rings. The molecule has 1 aromatic carbocycles. The summed E-state index contributed by atoms with van der Waals surface area (Å²) in [5, 5.41) is 12.6. The number of carboxylic acids is 1. The predicted molar refractivity (Wildman–Crippen MR) is 69.5 cm³/mol. The zero-order valence-electron chi connectivity index (χ0n) is 10.2. The van der Waals surface area contributed by atoms with E-state index in [4.69, 9.17) is 15.7 Å². The third-order valence-electron chi connectivity index (χ3n) is 2.18. The van der Waals surface area contributed by atoms with Gasteiger partial charge in [0.15, 0.2) is 5.84 Å². The quantitative estimate of drug-likeness (QED) is 0.265. The van der Waals surface area contributed by atoms with Crippen LogP contribution in [0.1, 0.15) is 29.3 Å². The topological polar surface area (TPSA) is 84.9 Å². The minimum atomic E-state index is -1.00. The summed E-state index contributed by atoms with van der Waals surface area (Å²) in [4.78, 5) is 15.8. The van der Waals surface area contributed by atoms with Gasteiger partial charge < -0.3 is 15.7 Å². The molecule has 0 saturated carbocycles. The first-order valence-corrected chi connectivity index (χ1v) is 5.55. The number of benzene rings is 1. The van der Waals surface area contributed by atoms with Gasteiger partial charge in [0.25, 0.3) is 0 Å². The Labute approximate surface area is 106 Å². The molecule has 0 aliphatic carbocycles. The number of amidine groups is 1. The van der Waals surface area contributed by atoms with Crippen molar-refractivity contribution in [2.45, 2.75) is 13.3 Å². The lowest BCUT2D eigenvalue weighted by molar-refractivity contribution is 0.0697. The lowest BCUT2D eigenvalue weighted by atomic mass is 10.1. The van der Waals surface area contributed by atoms with E-state index in [9.17, 15) is 4.79 Å². The molecule has 0 bridgehead atoms. The molecule has 0 aromatic heterocycles. The van der Waals surface area contributed by atoms with Crippen molar-refractivity contribution in [2.75, 3.05) is 6.61 Å². The van der Waals surface area contributed by atoms with Crippen LogP contribution >= 0.6 is 0 Å². The average Bonchev–Trinajstić information content (AvgIpc) is 2.38. The third-order valence-corrected chi connectivity index (χ3v) is 2.18. The van der Waals surface area contributed by atoms with Gasteiger partial charge in [0, 0.05) is 12.0 Å². The van der Waals surface area contributed by atoms with Gasteiger partial charge in [-0.1, -0.05) is 29.4 Å². The van der Waals surface area contributed by atoms with Crippen LogP contribution in [-0.4, -0.2) is 23.5 Å². The second-order valence-corrected chi connectivity index (χ2v) is 3.55. The second kappa shape index (κ2) is 7.11. The zero-order valence-corrected chi connectivity index (χ0v) is 10.2. The fourth-order valence-corrected chi connectivity index (χ4v) is 1.27. The number of nitrogens with zero attached hydrogens (tertiary/aromatic N) is 1. The van der Waals surface area contributed by atoms with E-state index in [0.717, 1.165) is 6.42 Å². The van der Waals surface area contributed by atoms with Gasteiger partial charge in [-0.15, -0.1) is 0 Å². The predicted octanol–water partition coefficient (Wildman–Crippen LogP) is 1.99. The van der Waals surface area contributed by atoms with Gasteiger partial charge in [-0.3, -0.25) is 0 Å². The van der Waals surface area contributed by atoms with Crippen molar-refractivity contribution in [3.8, 4) is 0 Å². The van der Waals surface area contributed by atoms with Crippen molar-refractivity contribution in [1.82, 2.24) is 0 Å². The molecule has 0 atom stereocenters. The number of aromatic carboxylic acids is 1. The molecule has 0 aliphatic rings. The van der Waals surface area contributed by atoms with Crippen LogP contribution in [0, 0.1) is 0 Å². The van der Waals surface area contributed by atoms with Crippen molar-refractivity contribution in [3.63, 3.8) is 0 Å². The highest BCUT2D eigenvalue weighted by Crippen LogP contribution is 2.05. The van der Waals surface area contributed by atoms with Crippen LogP contribution in [0.4, 0.5) is 0 Å². The Bertz CT molecular complexity index is 467. The summed E-state index contributed by atoms with van der Waals surface area (Å²) in [6.45, 7) is 2.36. The summed E-state index contributed by atoms with van der Waals surface area (Å²) in [6, 6.07) is 6.24. The first-order chi connectivity index (χ1) is 8.65. The minimum absolute atomic E-state index is 0.165. The lowest BCUT2D eigenvalue weighted by Crippen LogP contribution is -2.14. The standard InChI is InChI=1S/C13H16N2O3/c1-2-3-4-8-18-15-12(14)10-6-5-7-11(9-10)13(16)17/h2-3,5-7,9H,4,8H2,1H3,(H2,14,15)(H,16,17)/b3-2-. The van der Waals surface area contributed by atoms with Gasteiger partial charge in [-0.25, -0.2) is 4.79 Å². The van der Waals surface area contributed by atoms with E-state index in [1.54, 1.807) is 12.1 Å². The highest BCUT2D eigenvalue weighted by molar-refractivity contribution is 5.99. The molecule has 18 heavy (non-hydrogen) atoms. The number of carbonyl (C=O) groups is 1. The summed E-state index contributed by atoms with van der Waals surface area (Å²) >= 11 is 0. The van der Waals surface area contributed by atoms with Crippen LogP contribution in [0.25, 0.3) is 0 Å². The van der Waals surface area contributed by atoms with Gasteiger partial charge in [-0.05, 0) is 19.1 Å². The largest absolute Gasteiger partial charge is 0.478 e. The Kier molecular flexibility index (Phi) is 5.44. The second-order valence-electron chi connectivity index (χ2n) is 3.55. The van der Waals surface area contributed by atoms with Gasteiger partial charge in [-0.2, -0.15) is 0 Å². The molecule has 0 aliphatic heterocycles. The Balaban J connectivity index is 2.65. The fourth-order valence-electron chi connectivity index (χ4n) is 1.27. The molecule has 0 heterocycles. The van der Waals surface area contributed by atoms with Crippen LogP contribution in [-0.2, 0) is 4.84 Å². The number of nitrogens with two attached hydrogens (primary N) is 1. The minimum Gasteiger partial charge on any atom is -0.478 e. The molecule has 96 valence electrons. The summed E-state index contributed by atoms with van der Waals surface area (Å²) < 4.78 is 0. The van der Waals surface area contributed by atoms with E-state index in [2.05, 4.69) is 5.16 Å². The number of oxime groups is 1. The Morgan fingerprint density at radius 2 is 2.22 bits per heavy atom. The molecule has 1 aromatic rings. The number of rotatable bonds is 6. The van der Waals surface area contributed by atoms with E-state index in [0.29, 0.717) is 12.2 Å². The normalized spacial score (nSPS) is 11.7. The number of hydrogen-bond acceptors (Lipinski definition) is 3. The van der Waals surface area contributed by atoms with Crippen LogP contribution in [0.3, 0.4) is 0 Å². The molecular weight excluding hydrogens is 232 g/mol. The highest BCUT2D eigenvalue weighted by Gasteiger charge is 2.05. The number of hydrogen-bond donors (Lipinski definition) is 2. The van der Waals surface area contributed by atoms with Crippen LogP contribution in [0.15, 0.2) is 41.6 Å². The van der Waals surface area contributed by atoms with Crippen LogP contribution in [0.5, 0.6) is 0 Å². The Morgan fingerprint density at radius 3 is 2.89 bits per heavy atom. The Hall–Kier alpha value is -2.30. The van der Waals surface area contributed by atoms with Gasteiger partial charge in [0.2, 0.25) is 0 Å². The third kappa shape index (κ3) is 4.29. The monoisotopic (exact) mass is 248 g/mol. The first-order valence-electron chi connectivity index (χ1n) is 5.55. The molecule has 3 N–H and O–H groups in total. The van der Waals surface area contributed by atoms with E-state index < -0.39 is 5.97 Å². The van der Waals surface area contributed by atoms with E-state index >= 15 is 0 Å². The molecule has 0 amide bonds. The molecule has 5 heteroatoms. The SMILES string of the molecule is C/C=C\CCO/N=C(\N)c1cccc(C(=O)O)c1. The van der Waals surface area contributed by atoms with Gasteiger partial charge >= 0.3 is 5.97 Å². The molecule has 0 unspecified atom stereocenters. The van der Waals surface area contributed by atoms with E-state index in [1.807, 2.05) is 19.1 Å². The molecule has 5 nitrogen and oxygen atoms in total. The maximum Gasteiger partial charge on any atom is 0.335 e. The molecule has 0 spiro atoms. The van der Waals surface area contributed by atoms with Crippen molar-refractivity contribution < 1.29 is 14.7 Å². The maximum atomic E-state index is 10.8. The molecule has 0 saturated heterocycles. The van der Waals surface area contributed by atoms with E-state index in [-0.39, 0.29) is 11.4 Å². The lowest BCUT2D eigenvalue weighted by Gasteiger charge is -2.02. The molecule has 1 rings (SSSR count). The Morgan fingerprint density at radius 1 is 1.50 bits per heavy atom. The zero-order chi connectivity index (χ0) is 13.4. The van der Waals surface area contributed by atoms with Gasteiger partial charge in [0.1, 0.15) is 6.61 Å². The number of carboxylic acid groups (broad SMARTS) is 1. The summed E-state index contributed by atoms with van der Waals surface area (Å²) in [7, 11) is 0. The maximum absolute atomic E-state index is 10.8. The van der Waals surface area contributed by atoms with Crippen LogP contribution in [0.2, 0.25) is 0 Å². The average molecular weight is 248 g/mol. The van der Waals surface area contributed by atoms with Gasteiger partial charge in [0.05, 0.1) is 5.56 Å². The van der Waals surface area contributed by atoms with Crippen molar-refractivity contribution in [3.05, 3.63) is 47.5 Å². The smallest absolute Gasteiger partial charge is 0.335 e. The molecule has 0 radical (unpaired) electrons. The fraction of sp³-hybridized carbons (Fsp3) is 0.231. The van der Waals surface area contributed by atoms with Crippen molar-refractivity contribution in [1.29, 1.82) is 0 Å². The van der Waals surface area contributed by atoms with Crippen molar-refractivity contribution in [2.24, 2.45) is 10.9 Å². The number of allylic oxidation sites excluding steroid dienone is 1. The van der Waals surface area contributed by atoms with E-state index in [1.165, 1.54) is 12.1 Å². The highest BCUT2D eigenvalue weighted by atomic mass is 16.6. The van der Waals surface area contributed by atoms with Crippen molar-refractivity contribution >= 4 is 11.8 Å².